The second-order valence-corrected chi connectivity index (χ2v) is 10.2. The minimum atomic E-state index is -0.400. The lowest BCUT2D eigenvalue weighted by Crippen LogP contribution is -2.65. The molecule has 2 bridgehead atoms. The van der Waals surface area contributed by atoms with Crippen molar-refractivity contribution in [2.24, 2.45) is 5.92 Å². The number of halogens is 1. The zero-order chi connectivity index (χ0) is 23.4. The molecule has 6 rings (SSSR count). The van der Waals surface area contributed by atoms with Crippen LogP contribution in [0.25, 0.3) is 0 Å². The summed E-state index contributed by atoms with van der Waals surface area (Å²) in [6.07, 6.45) is 1.57. The van der Waals surface area contributed by atoms with Crippen LogP contribution < -0.4 is 9.64 Å². The molecule has 7 heteroatoms. The first kappa shape index (κ1) is 22.9. The van der Waals surface area contributed by atoms with Gasteiger partial charge in [-0.25, -0.2) is 9.18 Å². The van der Waals surface area contributed by atoms with Gasteiger partial charge < -0.3 is 14.0 Å². The summed E-state index contributed by atoms with van der Waals surface area (Å²) in [7, 11) is 0. The van der Waals surface area contributed by atoms with Crippen LogP contribution >= 0.6 is 11.3 Å². The third kappa shape index (κ3) is 5.10. The first-order valence-corrected chi connectivity index (χ1v) is 12.8. The van der Waals surface area contributed by atoms with Gasteiger partial charge in [0.1, 0.15) is 36.3 Å². The number of piperidine rings is 3. The molecule has 0 spiro atoms. The van der Waals surface area contributed by atoms with E-state index in [1.807, 2.05) is 47.8 Å². The highest BCUT2D eigenvalue weighted by molar-refractivity contribution is 7.14. The summed E-state index contributed by atoms with van der Waals surface area (Å²) < 4.78 is 27.4. The molecule has 3 aromatic rings. The second kappa shape index (κ2) is 10.2. The Bertz CT molecular complexity index is 1080. The van der Waals surface area contributed by atoms with Gasteiger partial charge in [0.2, 0.25) is 0 Å². The van der Waals surface area contributed by atoms with Gasteiger partial charge in [-0.05, 0) is 35.7 Å². The minimum Gasteiger partial charge on any atom is -0.488 e. The van der Waals surface area contributed by atoms with E-state index in [1.54, 1.807) is 23.1 Å². The Morgan fingerprint density at radius 1 is 1.03 bits per heavy atom. The molecule has 0 unspecified atom stereocenters. The summed E-state index contributed by atoms with van der Waals surface area (Å²) in [4.78, 5) is 14.9. The van der Waals surface area contributed by atoms with Gasteiger partial charge >= 0.3 is 6.09 Å². The normalized spacial score (nSPS) is 23.4. The molecule has 0 N–H and O–H groups in total. The monoisotopic (exact) mass is 481 g/mol. The highest BCUT2D eigenvalue weighted by Crippen LogP contribution is 2.36. The van der Waals surface area contributed by atoms with Crippen LogP contribution in [-0.2, 0) is 11.3 Å². The molecule has 1 amide bonds. The maximum Gasteiger partial charge on any atom is 0.415 e. The average molecular weight is 482 g/mol. The number of nitrogens with zero attached hydrogens (tertiary/aromatic N) is 2. The molecule has 3 saturated heterocycles. The fourth-order valence-corrected chi connectivity index (χ4v) is 5.91. The first-order chi connectivity index (χ1) is 16.6. The number of rotatable bonds is 8. The third-order valence-corrected chi connectivity index (χ3v) is 8.04. The summed E-state index contributed by atoms with van der Waals surface area (Å²) in [5.41, 5.74) is 0.475. The molecule has 5 nitrogen and oxygen atoms in total. The van der Waals surface area contributed by atoms with Crippen molar-refractivity contribution in [3.05, 3.63) is 83.5 Å². The van der Waals surface area contributed by atoms with Crippen molar-refractivity contribution in [3.8, 4) is 5.75 Å². The molecule has 34 heavy (non-hydrogen) atoms. The van der Waals surface area contributed by atoms with Gasteiger partial charge in [0.25, 0.3) is 0 Å². The number of anilines is 1. The zero-order valence-corrected chi connectivity index (χ0v) is 20.0. The molecule has 3 fully saturated rings. The molecule has 0 radical (unpaired) electrons. The van der Waals surface area contributed by atoms with E-state index in [1.165, 1.54) is 17.4 Å². The van der Waals surface area contributed by atoms with E-state index in [0.29, 0.717) is 18.1 Å². The van der Waals surface area contributed by atoms with Gasteiger partial charge in [-0.1, -0.05) is 36.4 Å². The van der Waals surface area contributed by atoms with Crippen LogP contribution in [0.4, 0.5) is 14.2 Å². The fourth-order valence-electron chi connectivity index (χ4n) is 5.19. The molecule has 1 aromatic heterocycles. The largest absolute Gasteiger partial charge is 0.488 e. The quantitative estimate of drug-likeness (QED) is 0.387. The number of quaternary nitrogens is 1. The van der Waals surface area contributed by atoms with Gasteiger partial charge in [-0.15, -0.1) is 11.3 Å². The summed E-state index contributed by atoms with van der Waals surface area (Å²) in [5.74, 6) is 0.954. The smallest absolute Gasteiger partial charge is 0.415 e. The van der Waals surface area contributed by atoms with E-state index in [0.717, 1.165) is 54.3 Å². The van der Waals surface area contributed by atoms with E-state index in [-0.39, 0.29) is 18.5 Å². The Morgan fingerprint density at radius 2 is 1.79 bits per heavy atom. The van der Waals surface area contributed by atoms with E-state index >= 15 is 0 Å². The van der Waals surface area contributed by atoms with Crippen molar-refractivity contribution >= 4 is 22.4 Å². The fraction of sp³-hybridized carbons (Fsp3) is 0.370. The lowest BCUT2D eigenvalue weighted by Gasteiger charge is -2.52. The van der Waals surface area contributed by atoms with Crippen molar-refractivity contribution in [2.45, 2.75) is 25.5 Å². The average Bonchev–Trinajstić information content (AvgIpc) is 3.39. The first-order valence-electron chi connectivity index (χ1n) is 11.9. The van der Waals surface area contributed by atoms with Crippen LogP contribution in [0.3, 0.4) is 0 Å². The molecule has 1 atom stereocenters. The second-order valence-electron chi connectivity index (χ2n) is 9.25. The Hall–Kier alpha value is -2.90. The van der Waals surface area contributed by atoms with Gasteiger partial charge in [-0.3, -0.25) is 4.90 Å². The number of amides is 1. The van der Waals surface area contributed by atoms with Crippen molar-refractivity contribution in [1.29, 1.82) is 0 Å². The Kier molecular flexibility index (Phi) is 6.83. The van der Waals surface area contributed by atoms with Crippen LogP contribution in [0.5, 0.6) is 5.75 Å². The summed E-state index contributed by atoms with van der Waals surface area (Å²) in [6, 6.07) is 20.2. The van der Waals surface area contributed by atoms with Gasteiger partial charge in [0, 0.05) is 24.3 Å². The molecule has 3 aliphatic heterocycles. The molecular formula is C27H30FN2O3S+. The number of hydrogen-bond acceptors (Lipinski definition) is 4. The van der Waals surface area contributed by atoms with Crippen LogP contribution in [-0.4, -0.2) is 49.5 Å². The van der Waals surface area contributed by atoms with Crippen molar-refractivity contribution < 1.29 is 23.1 Å². The Labute approximate surface area is 203 Å². The van der Waals surface area contributed by atoms with E-state index in [4.69, 9.17) is 9.47 Å². The maximum atomic E-state index is 14.3. The number of benzene rings is 2. The summed E-state index contributed by atoms with van der Waals surface area (Å²) in [6.45, 7) is 4.70. The van der Waals surface area contributed by atoms with E-state index < -0.39 is 6.09 Å². The SMILES string of the molecule is O=C(O[C@H]1C[N+]2(CCOc3ccccc3)CCC1CC2)N(Cc1ccccc1F)c1cccs1. The number of fused-ring (bicyclic) bond motifs is 3. The highest BCUT2D eigenvalue weighted by Gasteiger charge is 2.48. The number of para-hydroxylation sites is 1. The van der Waals surface area contributed by atoms with E-state index in [9.17, 15) is 9.18 Å². The number of hydrogen-bond donors (Lipinski definition) is 0. The number of thiophene rings is 1. The van der Waals surface area contributed by atoms with Gasteiger partial charge in [0.15, 0.2) is 6.10 Å². The summed E-state index contributed by atoms with van der Waals surface area (Å²) in [5, 5.41) is 2.67. The third-order valence-electron chi connectivity index (χ3n) is 7.15. The summed E-state index contributed by atoms with van der Waals surface area (Å²) >= 11 is 1.45. The van der Waals surface area contributed by atoms with Crippen LogP contribution in [0.15, 0.2) is 72.1 Å². The topological polar surface area (TPSA) is 38.8 Å². The lowest BCUT2D eigenvalue weighted by atomic mass is 9.83. The van der Waals surface area contributed by atoms with E-state index in [2.05, 4.69) is 0 Å². The number of carbonyl (C=O) groups is 1. The maximum absolute atomic E-state index is 14.3. The molecule has 3 aliphatic rings. The lowest BCUT2D eigenvalue weighted by molar-refractivity contribution is -0.946. The molecule has 0 aliphatic carbocycles. The molecule has 4 heterocycles. The van der Waals surface area contributed by atoms with Gasteiger partial charge in [0.05, 0.1) is 19.6 Å². The Morgan fingerprint density at radius 3 is 2.53 bits per heavy atom. The molecule has 2 aromatic carbocycles. The zero-order valence-electron chi connectivity index (χ0n) is 19.1. The Balaban J connectivity index is 1.25. The minimum absolute atomic E-state index is 0.130. The predicted octanol–water partition coefficient (Wildman–Crippen LogP) is 5.72. The van der Waals surface area contributed by atoms with Gasteiger partial charge in [-0.2, -0.15) is 0 Å². The van der Waals surface area contributed by atoms with Crippen LogP contribution in [0.1, 0.15) is 18.4 Å². The van der Waals surface area contributed by atoms with Crippen molar-refractivity contribution in [1.82, 2.24) is 0 Å². The van der Waals surface area contributed by atoms with Crippen LogP contribution in [0.2, 0.25) is 0 Å². The number of carbonyl (C=O) groups excluding carboxylic acids is 1. The van der Waals surface area contributed by atoms with Crippen LogP contribution in [0, 0.1) is 11.7 Å². The standard InChI is InChI=1S/C27H30FN2O3S/c28-24-10-5-4-7-22(24)19-29(26-11-6-18-34-26)27(31)33-25-20-30(14-12-21(25)13-15-30)16-17-32-23-8-2-1-3-9-23/h1-11,18,21,25H,12-17,19-20H2/q+1/t21?,25-,30?/m0/s1. The predicted molar refractivity (Wildman–Crippen MR) is 132 cm³/mol. The van der Waals surface area contributed by atoms with Crippen molar-refractivity contribution in [2.75, 3.05) is 37.7 Å². The molecular weight excluding hydrogens is 451 g/mol. The molecule has 0 saturated carbocycles. The van der Waals surface area contributed by atoms with Crippen molar-refractivity contribution in [3.63, 3.8) is 0 Å². The molecule has 178 valence electrons. The highest BCUT2D eigenvalue weighted by atomic mass is 32.1. The number of ether oxygens (including phenoxy) is 2.